The summed E-state index contributed by atoms with van der Waals surface area (Å²) < 4.78 is 5.56. The fraction of sp³-hybridized carbons (Fsp3) is 0.263. The Morgan fingerprint density at radius 3 is 2.61 bits per heavy atom. The fourth-order valence-electron chi connectivity index (χ4n) is 2.02. The molecule has 1 N–H and O–H groups in total. The number of hydrogen-bond donors (Lipinski definition) is 1. The van der Waals surface area contributed by atoms with Gasteiger partial charge in [0, 0.05) is 35.4 Å². The van der Waals surface area contributed by atoms with E-state index >= 15 is 0 Å². The largest absolute Gasteiger partial charge is 0.494 e. The number of benzene rings is 1. The van der Waals surface area contributed by atoms with Gasteiger partial charge in [-0.3, -0.25) is 9.78 Å². The number of carbonyl (C=O) groups excluding carboxylic acids is 1. The van der Waals surface area contributed by atoms with Crippen molar-refractivity contribution >= 4 is 11.5 Å². The molecule has 0 aliphatic rings. The summed E-state index contributed by atoms with van der Waals surface area (Å²) in [5.74, 6) is 0.802. The number of anilines is 1. The summed E-state index contributed by atoms with van der Waals surface area (Å²) in [4.78, 5) is 16.2. The number of ketones is 1. The zero-order chi connectivity index (χ0) is 16.5. The first kappa shape index (κ1) is 16.7. The van der Waals surface area contributed by atoms with Crippen LogP contribution in [0.5, 0.6) is 5.75 Å². The zero-order valence-corrected chi connectivity index (χ0v) is 13.6. The molecule has 0 atom stereocenters. The fourth-order valence-corrected chi connectivity index (χ4v) is 2.02. The SMILES string of the molecule is CCCOc1ccc(NC(=CC(=O)c2cccnc2)CC)cc1. The molecule has 1 aromatic heterocycles. The Kier molecular flexibility index (Phi) is 6.36. The van der Waals surface area contributed by atoms with Crippen molar-refractivity contribution in [3.63, 3.8) is 0 Å². The van der Waals surface area contributed by atoms with Gasteiger partial charge in [-0.25, -0.2) is 0 Å². The van der Waals surface area contributed by atoms with Gasteiger partial charge in [-0.2, -0.15) is 0 Å². The van der Waals surface area contributed by atoms with E-state index in [9.17, 15) is 4.79 Å². The van der Waals surface area contributed by atoms with E-state index in [-0.39, 0.29) is 5.78 Å². The number of allylic oxidation sites excluding steroid dienone is 2. The van der Waals surface area contributed by atoms with Crippen molar-refractivity contribution in [2.75, 3.05) is 11.9 Å². The molecule has 0 bridgehead atoms. The van der Waals surface area contributed by atoms with Gasteiger partial charge in [0.1, 0.15) is 5.75 Å². The van der Waals surface area contributed by atoms with Crippen molar-refractivity contribution in [3.8, 4) is 5.75 Å². The highest BCUT2D eigenvalue weighted by atomic mass is 16.5. The standard InChI is InChI=1S/C19H22N2O2/c1-3-12-23-18-9-7-17(8-10-18)21-16(4-2)13-19(22)15-6-5-11-20-14-15/h5-11,13-14,21H,3-4,12H2,1-2H3. The smallest absolute Gasteiger partial charge is 0.189 e. The Bertz CT molecular complexity index is 649. The van der Waals surface area contributed by atoms with Gasteiger partial charge in [0.2, 0.25) is 0 Å². The quantitative estimate of drug-likeness (QED) is 0.578. The summed E-state index contributed by atoms with van der Waals surface area (Å²) in [6.07, 6.45) is 6.57. The third-order valence-corrected chi connectivity index (χ3v) is 3.26. The highest BCUT2D eigenvalue weighted by Gasteiger charge is 2.05. The van der Waals surface area contributed by atoms with Gasteiger partial charge < -0.3 is 10.1 Å². The number of aromatic nitrogens is 1. The van der Waals surface area contributed by atoms with Crippen LogP contribution in [0.3, 0.4) is 0 Å². The molecule has 23 heavy (non-hydrogen) atoms. The van der Waals surface area contributed by atoms with E-state index in [4.69, 9.17) is 4.74 Å². The third-order valence-electron chi connectivity index (χ3n) is 3.26. The lowest BCUT2D eigenvalue weighted by molar-refractivity contribution is 0.104. The second kappa shape index (κ2) is 8.73. The number of pyridine rings is 1. The van der Waals surface area contributed by atoms with Crippen molar-refractivity contribution in [1.29, 1.82) is 0 Å². The van der Waals surface area contributed by atoms with Crippen LogP contribution in [-0.4, -0.2) is 17.4 Å². The van der Waals surface area contributed by atoms with Gasteiger partial charge in [-0.05, 0) is 49.2 Å². The van der Waals surface area contributed by atoms with E-state index in [0.29, 0.717) is 12.2 Å². The molecule has 4 nitrogen and oxygen atoms in total. The molecule has 0 aliphatic carbocycles. The lowest BCUT2D eigenvalue weighted by atomic mass is 10.1. The van der Waals surface area contributed by atoms with Crippen molar-refractivity contribution in [2.24, 2.45) is 0 Å². The molecule has 0 amide bonds. The van der Waals surface area contributed by atoms with Crippen LogP contribution in [0.1, 0.15) is 37.0 Å². The summed E-state index contributed by atoms with van der Waals surface area (Å²) in [7, 11) is 0. The minimum Gasteiger partial charge on any atom is -0.494 e. The van der Waals surface area contributed by atoms with E-state index in [1.807, 2.05) is 31.2 Å². The number of nitrogens with one attached hydrogen (secondary N) is 1. The second-order valence-electron chi connectivity index (χ2n) is 5.13. The molecule has 2 rings (SSSR count). The van der Waals surface area contributed by atoms with Crippen LogP contribution in [0.2, 0.25) is 0 Å². The number of carbonyl (C=O) groups is 1. The van der Waals surface area contributed by atoms with Crippen LogP contribution < -0.4 is 10.1 Å². The van der Waals surface area contributed by atoms with Crippen LogP contribution in [-0.2, 0) is 0 Å². The lowest BCUT2D eigenvalue weighted by Crippen LogP contribution is -2.04. The maximum atomic E-state index is 12.2. The van der Waals surface area contributed by atoms with E-state index in [0.717, 1.165) is 30.0 Å². The third kappa shape index (κ3) is 5.25. The van der Waals surface area contributed by atoms with Crippen molar-refractivity contribution in [2.45, 2.75) is 26.7 Å². The van der Waals surface area contributed by atoms with E-state index in [1.165, 1.54) is 0 Å². The predicted molar refractivity (Wildman–Crippen MR) is 92.8 cm³/mol. The summed E-state index contributed by atoms with van der Waals surface area (Å²) in [6.45, 7) is 4.80. The monoisotopic (exact) mass is 310 g/mol. The summed E-state index contributed by atoms with van der Waals surface area (Å²) in [6, 6.07) is 11.3. The molecule has 0 fully saturated rings. The van der Waals surface area contributed by atoms with Crippen LogP contribution in [0, 0.1) is 0 Å². The molecule has 0 saturated carbocycles. The molecule has 1 aromatic carbocycles. The Balaban J connectivity index is 2.04. The molecule has 0 radical (unpaired) electrons. The van der Waals surface area contributed by atoms with Crippen LogP contribution in [0.4, 0.5) is 5.69 Å². The number of rotatable bonds is 8. The van der Waals surface area contributed by atoms with Gasteiger partial charge in [0.15, 0.2) is 5.78 Å². The molecule has 0 saturated heterocycles. The highest BCUT2D eigenvalue weighted by Crippen LogP contribution is 2.18. The predicted octanol–water partition coefficient (Wildman–Crippen LogP) is 4.46. The normalized spacial score (nSPS) is 11.1. The number of hydrogen-bond acceptors (Lipinski definition) is 4. The maximum Gasteiger partial charge on any atom is 0.189 e. The Hall–Kier alpha value is -2.62. The van der Waals surface area contributed by atoms with E-state index in [1.54, 1.807) is 30.6 Å². The molecular formula is C19H22N2O2. The first-order valence-corrected chi connectivity index (χ1v) is 7.87. The lowest BCUT2D eigenvalue weighted by Gasteiger charge is -2.10. The first-order chi connectivity index (χ1) is 11.2. The molecule has 120 valence electrons. The van der Waals surface area contributed by atoms with Crippen LogP contribution in [0.25, 0.3) is 0 Å². The summed E-state index contributed by atoms with van der Waals surface area (Å²) >= 11 is 0. The number of nitrogens with zero attached hydrogens (tertiary/aromatic N) is 1. The summed E-state index contributed by atoms with van der Waals surface area (Å²) in [5.41, 5.74) is 2.38. The molecule has 0 aliphatic heterocycles. The van der Waals surface area contributed by atoms with Crippen molar-refractivity contribution < 1.29 is 9.53 Å². The van der Waals surface area contributed by atoms with Gasteiger partial charge >= 0.3 is 0 Å². The topological polar surface area (TPSA) is 51.2 Å². The van der Waals surface area contributed by atoms with E-state index in [2.05, 4.69) is 17.2 Å². The molecular weight excluding hydrogens is 288 g/mol. The first-order valence-electron chi connectivity index (χ1n) is 7.87. The summed E-state index contributed by atoms with van der Waals surface area (Å²) in [5, 5.41) is 3.28. The second-order valence-corrected chi connectivity index (χ2v) is 5.13. The molecule has 1 heterocycles. The number of ether oxygens (including phenoxy) is 1. The average molecular weight is 310 g/mol. The molecule has 0 unspecified atom stereocenters. The minimum atomic E-state index is -0.0506. The Morgan fingerprint density at radius 2 is 2.00 bits per heavy atom. The maximum absolute atomic E-state index is 12.2. The molecule has 4 heteroatoms. The average Bonchev–Trinajstić information content (AvgIpc) is 2.61. The van der Waals surface area contributed by atoms with E-state index < -0.39 is 0 Å². The van der Waals surface area contributed by atoms with Gasteiger partial charge in [-0.1, -0.05) is 13.8 Å². The van der Waals surface area contributed by atoms with Crippen LogP contribution in [0.15, 0.2) is 60.6 Å². The Morgan fingerprint density at radius 1 is 1.22 bits per heavy atom. The van der Waals surface area contributed by atoms with Crippen molar-refractivity contribution in [1.82, 2.24) is 4.98 Å². The van der Waals surface area contributed by atoms with Gasteiger partial charge in [0.25, 0.3) is 0 Å². The molecule has 2 aromatic rings. The van der Waals surface area contributed by atoms with Crippen molar-refractivity contribution in [3.05, 3.63) is 66.1 Å². The van der Waals surface area contributed by atoms with Crippen LogP contribution >= 0.6 is 0 Å². The van der Waals surface area contributed by atoms with Gasteiger partial charge in [0.05, 0.1) is 6.61 Å². The molecule has 0 spiro atoms. The highest BCUT2D eigenvalue weighted by molar-refractivity contribution is 6.04. The van der Waals surface area contributed by atoms with Gasteiger partial charge in [-0.15, -0.1) is 0 Å². The Labute approximate surface area is 137 Å². The minimum absolute atomic E-state index is 0.0506. The zero-order valence-electron chi connectivity index (χ0n) is 13.6.